The van der Waals surface area contributed by atoms with Crippen molar-refractivity contribution in [3.8, 4) is 0 Å². The number of anilines is 1. The van der Waals surface area contributed by atoms with Crippen molar-refractivity contribution in [3.63, 3.8) is 0 Å². The summed E-state index contributed by atoms with van der Waals surface area (Å²) in [6.45, 7) is 1.83. The van der Waals surface area contributed by atoms with Gasteiger partial charge in [0.05, 0.1) is 11.7 Å². The number of hydrogen-bond donors (Lipinski definition) is 1. The maximum absolute atomic E-state index is 13.9. The summed E-state index contributed by atoms with van der Waals surface area (Å²) in [5.41, 5.74) is 1.09. The van der Waals surface area contributed by atoms with Crippen molar-refractivity contribution in [2.24, 2.45) is 4.99 Å². The van der Waals surface area contributed by atoms with E-state index >= 15 is 0 Å². The van der Waals surface area contributed by atoms with Crippen LogP contribution in [0.15, 0.2) is 23.2 Å². The van der Waals surface area contributed by atoms with E-state index in [4.69, 9.17) is 4.99 Å². The highest BCUT2D eigenvalue weighted by Gasteiger charge is 2.30. The summed E-state index contributed by atoms with van der Waals surface area (Å²) in [6.07, 6.45) is 7.88. The van der Waals surface area contributed by atoms with E-state index < -0.39 is 0 Å². The Bertz CT molecular complexity index is 677. The van der Waals surface area contributed by atoms with Gasteiger partial charge in [0.2, 0.25) is 5.91 Å². The van der Waals surface area contributed by atoms with Crippen LogP contribution < -0.4 is 5.32 Å². The van der Waals surface area contributed by atoms with Gasteiger partial charge in [-0.3, -0.25) is 9.79 Å². The molecule has 1 amide bonds. The van der Waals surface area contributed by atoms with Gasteiger partial charge in [-0.2, -0.15) is 0 Å². The fourth-order valence-electron chi connectivity index (χ4n) is 3.54. The van der Waals surface area contributed by atoms with E-state index in [1.165, 1.54) is 44.6 Å². The van der Waals surface area contributed by atoms with E-state index in [2.05, 4.69) is 10.2 Å². The molecule has 150 valence electrons. The van der Waals surface area contributed by atoms with Crippen molar-refractivity contribution < 1.29 is 9.18 Å². The summed E-state index contributed by atoms with van der Waals surface area (Å²) in [7, 11) is 2.01. The molecule has 2 fully saturated rings. The minimum atomic E-state index is -0.386. The highest BCUT2D eigenvalue weighted by molar-refractivity contribution is 8.14. The van der Waals surface area contributed by atoms with Crippen LogP contribution in [0.3, 0.4) is 0 Å². The lowest BCUT2D eigenvalue weighted by Gasteiger charge is -2.21. The van der Waals surface area contributed by atoms with Crippen molar-refractivity contribution in [2.45, 2.75) is 64.0 Å². The maximum Gasteiger partial charge on any atom is 0.226 e. The molecule has 0 bridgehead atoms. The van der Waals surface area contributed by atoms with E-state index in [-0.39, 0.29) is 35.9 Å². The van der Waals surface area contributed by atoms with Gasteiger partial charge < -0.3 is 10.2 Å². The number of amides is 1. The second kappa shape index (κ2) is 10.3. The molecule has 1 saturated carbocycles. The molecule has 27 heavy (non-hydrogen) atoms. The average molecular weight is 414 g/mol. The van der Waals surface area contributed by atoms with Crippen LogP contribution >= 0.6 is 24.2 Å². The van der Waals surface area contributed by atoms with Gasteiger partial charge in [0.1, 0.15) is 5.82 Å². The lowest BCUT2D eigenvalue weighted by atomic mass is 10.1. The van der Waals surface area contributed by atoms with Crippen molar-refractivity contribution in [1.82, 2.24) is 4.90 Å². The highest BCUT2D eigenvalue weighted by Crippen LogP contribution is 2.28. The highest BCUT2D eigenvalue weighted by atomic mass is 35.5. The van der Waals surface area contributed by atoms with Gasteiger partial charge in [0.25, 0.3) is 0 Å². The predicted molar refractivity (Wildman–Crippen MR) is 115 cm³/mol. The van der Waals surface area contributed by atoms with Crippen molar-refractivity contribution in [1.29, 1.82) is 0 Å². The Morgan fingerprint density at radius 3 is 2.67 bits per heavy atom. The normalized spacial score (nSPS) is 22.4. The van der Waals surface area contributed by atoms with Crippen LogP contribution in [0.1, 0.15) is 50.5 Å². The second-order valence-corrected chi connectivity index (χ2v) is 8.36. The molecule has 2 aliphatic rings. The molecule has 1 aliphatic heterocycles. The largest absolute Gasteiger partial charge is 0.350 e. The summed E-state index contributed by atoms with van der Waals surface area (Å²) in [5, 5.41) is 3.75. The van der Waals surface area contributed by atoms with Gasteiger partial charge >= 0.3 is 0 Å². The maximum atomic E-state index is 13.9. The lowest BCUT2D eigenvalue weighted by Crippen LogP contribution is -2.34. The first-order valence-corrected chi connectivity index (χ1v) is 10.5. The Morgan fingerprint density at radius 1 is 1.30 bits per heavy atom. The molecule has 0 radical (unpaired) electrons. The zero-order valence-corrected chi connectivity index (χ0v) is 17.7. The molecule has 3 rings (SSSR count). The predicted octanol–water partition coefficient (Wildman–Crippen LogP) is 5.01. The number of nitrogens with zero attached hydrogens (tertiary/aromatic N) is 2. The molecule has 0 aromatic heterocycles. The molecule has 1 aromatic carbocycles. The van der Waals surface area contributed by atoms with E-state index in [1.54, 1.807) is 23.9 Å². The molecule has 1 aliphatic carbocycles. The van der Waals surface area contributed by atoms with Gasteiger partial charge in [0, 0.05) is 25.3 Å². The first-order chi connectivity index (χ1) is 12.5. The molecule has 1 heterocycles. The summed E-state index contributed by atoms with van der Waals surface area (Å²) in [5.74, 6) is 0.315. The van der Waals surface area contributed by atoms with Crippen LogP contribution in [-0.2, 0) is 4.79 Å². The molecular formula is C20H29ClFN3OS. The minimum Gasteiger partial charge on any atom is -0.350 e. The van der Waals surface area contributed by atoms with E-state index in [0.717, 1.165) is 16.5 Å². The van der Waals surface area contributed by atoms with E-state index in [1.807, 2.05) is 14.0 Å². The van der Waals surface area contributed by atoms with Crippen LogP contribution in [0, 0.1) is 12.7 Å². The average Bonchev–Trinajstić information content (AvgIpc) is 2.80. The Kier molecular flexibility index (Phi) is 8.42. The quantitative estimate of drug-likeness (QED) is 0.705. The zero-order valence-electron chi connectivity index (χ0n) is 16.0. The van der Waals surface area contributed by atoms with Gasteiger partial charge in [-0.15, -0.1) is 12.4 Å². The van der Waals surface area contributed by atoms with Gasteiger partial charge in [-0.25, -0.2) is 4.39 Å². The van der Waals surface area contributed by atoms with Crippen LogP contribution in [0.2, 0.25) is 0 Å². The molecule has 4 nitrogen and oxygen atoms in total. The number of halogens is 2. The third-order valence-electron chi connectivity index (χ3n) is 5.19. The van der Waals surface area contributed by atoms with Crippen LogP contribution in [0.25, 0.3) is 0 Å². The van der Waals surface area contributed by atoms with Gasteiger partial charge in [-0.1, -0.05) is 43.5 Å². The number of rotatable bonds is 4. The first kappa shape index (κ1) is 22.0. The number of carbonyl (C=O) groups is 1. The number of aryl methyl sites for hydroxylation is 1. The van der Waals surface area contributed by atoms with E-state index in [9.17, 15) is 9.18 Å². The van der Waals surface area contributed by atoms with Crippen LogP contribution in [0.4, 0.5) is 10.1 Å². The molecule has 1 atom stereocenters. The summed E-state index contributed by atoms with van der Waals surface area (Å²) >= 11 is 1.73. The third kappa shape index (κ3) is 6.11. The molecular weight excluding hydrogens is 385 g/mol. The second-order valence-electron chi connectivity index (χ2n) is 7.37. The fourth-order valence-corrected chi connectivity index (χ4v) is 4.80. The Balaban J connectivity index is 0.00000261. The van der Waals surface area contributed by atoms with Crippen LogP contribution in [-0.4, -0.2) is 40.9 Å². The number of amidine groups is 1. The van der Waals surface area contributed by atoms with E-state index in [0.29, 0.717) is 12.5 Å². The lowest BCUT2D eigenvalue weighted by molar-refractivity contribution is -0.116. The molecule has 1 N–H and O–H groups in total. The van der Waals surface area contributed by atoms with Crippen molar-refractivity contribution in [3.05, 3.63) is 29.6 Å². The molecule has 7 heteroatoms. The fraction of sp³-hybridized carbons (Fsp3) is 0.600. The molecule has 0 spiro atoms. The number of hydrogen-bond acceptors (Lipinski definition) is 3. The number of carbonyl (C=O) groups excluding carboxylic acids is 1. The van der Waals surface area contributed by atoms with Crippen LogP contribution in [0.5, 0.6) is 0 Å². The number of benzene rings is 1. The Morgan fingerprint density at radius 2 is 2.00 bits per heavy atom. The monoisotopic (exact) mass is 413 g/mol. The Labute approximate surface area is 171 Å². The van der Waals surface area contributed by atoms with Crippen molar-refractivity contribution >= 4 is 40.9 Å². The number of nitrogens with one attached hydrogen (secondary N) is 1. The third-order valence-corrected chi connectivity index (χ3v) is 6.39. The van der Waals surface area contributed by atoms with Gasteiger partial charge in [0.15, 0.2) is 5.17 Å². The Hall–Kier alpha value is -1.27. The topological polar surface area (TPSA) is 44.7 Å². The zero-order chi connectivity index (χ0) is 18.5. The SMILES string of the molecule is Cc1ccc(NC(=O)CC2CSC(=NC3CCCCCC3)N2C)c(F)c1.Cl. The smallest absolute Gasteiger partial charge is 0.226 e. The number of aliphatic imine (C=N–C) groups is 1. The van der Waals surface area contributed by atoms with Crippen molar-refractivity contribution in [2.75, 3.05) is 18.1 Å². The molecule has 1 unspecified atom stereocenters. The molecule has 1 saturated heterocycles. The summed E-state index contributed by atoms with van der Waals surface area (Å²) in [6, 6.07) is 5.39. The molecule has 1 aromatic rings. The minimum absolute atomic E-state index is 0. The summed E-state index contributed by atoms with van der Waals surface area (Å²) in [4.78, 5) is 19.4. The number of thioether (sulfide) groups is 1. The standard InChI is InChI=1S/C20H28FN3OS.ClH/c1-14-9-10-18(17(21)11-14)23-19(25)12-16-13-26-20(24(16)2)22-15-7-5-3-4-6-8-15;/h9-11,15-16H,3-8,12-13H2,1-2H3,(H,23,25);1H. The van der Waals surface area contributed by atoms with Gasteiger partial charge in [-0.05, 0) is 37.5 Å². The first-order valence-electron chi connectivity index (χ1n) is 9.52. The summed E-state index contributed by atoms with van der Waals surface area (Å²) < 4.78 is 13.9.